The van der Waals surface area contributed by atoms with E-state index in [1.54, 1.807) is 12.1 Å². The molecule has 5 nitrogen and oxygen atoms in total. The molecule has 1 atom stereocenters. The Morgan fingerprint density at radius 1 is 1.14 bits per heavy atom. The average molecular weight is 291 g/mol. The van der Waals surface area contributed by atoms with E-state index >= 15 is 0 Å². The third-order valence-electron chi connectivity index (χ3n) is 3.19. The molecule has 0 unspecified atom stereocenters. The van der Waals surface area contributed by atoms with Crippen LogP contribution >= 0.6 is 0 Å². The molecule has 0 saturated carbocycles. The van der Waals surface area contributed by atoms with Crippen LogP contribution in [0, 0.1) is 0 Å². The van der Waals surface area contributed by atoms with E-state index in [-0.39, 0.29) is 12.5 Å². The standard InChI is InChI=1S/C16H24N2O3/c1-2-3-4-8-11-17-16(21)18-14(12-15(19)20)13-9-6-5-7-10-13/h5-7,9-10,14H,2-4,8,11-12H2,1H3,(H,19,20)(H2,17,18,21)/p-1/t14-/m1/s1. The number of rotatable bonds is 9. The predicted molar refractivity (Wildman–Crippen MR) is 79.5 cm³/mol. The van der Waals surface area contributed by atoms with E-state index in [9.17, 15) is 14.7 Å². The predicted octanol–water partition coefficient (Wildman–Crippen LogP) is 1.75. The Kier molecular flexibility index (Phi) is 7.94. The van der Waals surface area contributed by atoms with Crippen LogP contribution in [0.2, 0.25) is 0 Å². The third-order valence-corrected chi connectivity index (χ3v) is 3.19. The minimum atomic E-state index is -1.19. The van der Waals surface area contributed by atoms with Gasteiger partial charge in [-0.3, -0.25) is 0 Å². The van der Waals surface area contributed by atoms with E-state index in [1.165, 1.54) is 0 Å². The molecule has 0 saturated heterocycles. The molecule has 1 aromatic carbocycles. The summed E-state index contributed by atoms with van der Waals surface area (Å²) in [6, 6.07) is 8.11. The molecule has 0 aromatic heterocycles. The van der Waals surface area contributed by atoms with Crippen molar-refractivity contribution >= 4 is 12.0 Å². The van der Waals surface area contributed by atoms with E-state index in [4.69, 9.17) is 0 Å². The Morgan fingerprint density at radius 3 is 2.48 bits per heavy atom. The number of carboxylic acid groups (broad SMARTS) is 1. The first-order chi connectivity index (χ1) is 10.1. The zero-order valence-electron chi connectivity index (χ0n) is 12.4. The van der Waals surface area contributed by atoms with Crippen LogP contribution in [0.5, 0.6) is 0 Å². The fraction of sp³-hybridized carbons (Fsp3) is 0.500. The van der Waals surface area contributed by atoms with Crippen LogP contribution < -0.4 is 15.7 Å². The highest BCUT2D eigenvalue weighted by Gasteiger charge is 2.14. The van der Waals surface area contributed by atoms with E-state index in [2.05, 4.69) is 17.6 Å². The number of amides is 2. The molecule has 116 valence electrons. The molecule has 0 aliphatic carbocycles. The molecule has 0 fully saturated rings. The molecule has 0 spiro atoms. The van der Waals surface area contributed by atoms with E-state index < -0.39 is 12.0 Å². The Balaban J connectivity index is 2.45. The second-order valence-corrected chi connectivity index (χ2v) is 5.00. The van der Waals surface area contributed by atoms with Gasteiger partial charge in [-0.2, -0.15) is 0 Å². The highest BCUT2D eigenvalue weighted by atomic mass is 16.4. The number of urea groups is 1. The third kappa shape index (κ3) is 7.34. The first-order valence-corrected chi connectivity index (χ1v) is 7.42. The van der Waals surface area contributed by atoms with Gasteiger partial charge in [-0.15, -0.1) is 0 Å². The van der Waals surface area contributed by atoms with Crippen LogP contribution in [0.1, 0.15) is 50.6 Å². The fourth-order valence-corrected chi connectivity index (χ4v) is 2.07. The van der Waals surface area contributed by atoms with Gasteiger partial charge in [-0.05, 0) is 12.0 Å². The molecule has 2 amide bonds. The van der Waals surface area contributed by atoms with Crippen molar-refractivity contribution in [1.29, 1.82) is 0 Å². The largest absolute Gasteiger partial charge is 0.550 e. The molecule has 0 aliphatic heterocycles. The maximum absolute atomic E-state index is 11.8. The summed E-state index contributed by atoms with van der Waals surface area (Å²) < 4.78 is 0. The zero-order chi connectivity index (χ0) is 15.5. The number of hydrogen-bond donors (Lipinski definition) is 2. The first-order valence-electron chi connectivity index (χ1n) is 7.42. The first kappa shape index (κ1) is 17.0. The van der Waals surface area contributed by atoms with Crippen LogP contribution in [0.25, 0.3) is 0 Å². The van der Waals surface area contributed by atoms with Crippen LogP contribution in [0.4, 0.5) is 4.79 Å². The number of nitrogens with one attached hydrogen (secondary N) is 2. The number of carboxylic acids is 1. The van der Waals surface area contributed by atoms with E-state index in [0.717, 1.165) is 31.2 Å². The van der Waals surface area contributed by atoms with Crippen molar-refractivity contribution in [3.8, 4) is 0 Å². The van der Waals surface area contributed by atoms with Gasteiger partial charge in [0.2, 0.25) is 0 Å². The topological polar surface area (TPSA) is 81.3 Å². The van der Waals surface area contributed by atoms with Gasteiger partial charge in [0.15, 0.2) is 0 Å². The summed E-state index contributed by atoms with van der Waals surface area (Å²) in [5.41, 5.74) is 0.753. The Hall–Kier alpha value is -2.04. The fourth-order valence-electron chi connectivity index (χ4n) is 2.07. The number of aliphatic carboxylic acids is 1. The van der Waals surface area contributed by atoms with E-state index in [0.29, 0.717) is 6.54 Å². The van der Waals surface area contributed by atoms with Crippen molar-refractivity contribution in [2.75, 3.05) is 6.54 Å². The summed E-state index contributed by atoms with van der Waals surface area (Å²) in [6.45, 7) is 2.73. The highest BCUT2D eigenvalue weighted by molar-refractivity contribution is 5.75. The molecule has 5 heteroatoms. The van der Waals surface area contributed by atoms with Crippen LogP contribution in [-0.2, 0) is 4.79 Å². The van der Waals surface area contributed by atoms with Crippen LogP contribution in [-0.4, -0.2) is 18.5 Å². The lowest BCUT2D eigenvalue weighted by Gasteiger charge is -2.20. The zero-order valence-corrected chi connectivity index (χ0v) is 12.4. The Bertz CT molecular complexity index is 434. The van der Waals surface area contributed by atoms with Gasteiger partial charge in [0.05, 0.1) is 6.04 Å². The molecule has 0 heterocycles. The Labute approximate surface area is 125 Å². The van der Waals surface area contributed by atoms with Gasteiger partial charge >= 0.3 is 6.03 Å². The lowest BCUT2D eigenvalue weighted by atomic mass is 10.0. The lowest BCUT2D eigenvalue weighted by molar-refractivity contribution is -0.306. The van der Waals surface area contributed by atoms with Gasteiger partial charge in [0, 0.05) is 18.9 Å². The summed E-state index contributed by atoms with van der Waals surface area (Å²) in [4.78, 5) is 22.6. The average Bonchev–Trinajstić information content (AvgIpc) is 2.47. The molecule has 2 N–H and O–H groups in total. The molecule has 0 radical (unpaired) electrons. The van der Waals surface area contributed by atoms with Crippen molar-refractivity contribution < 1.29 is 14.7 Å². The van der Waals surface area contributed by atoms with Crippen molar-refractivity contribution in [1.82, 2.24) is 10.6 Å². The van der Waals surface area contributed by atoms with Crippen molar-refractivity contribution in [3.63, 3.8) is 0 Å². The minimum absolute atomic E-state index is 0.243. The molecule has 0 bridgehead atoms. The number of unbranched alkanes of at least 4 members (excludes halogenated alkanes) is 3. The summed E-state index contributed by atoms with van der Waals surface area (Å²) in [6.07, 6.45) is 4.07. The van der Waals surface area contributed by atoms with Crippen molar-refractivity contribution in [2.45, 2.75) is 45.1 Å². The molecule has 21 heavy (non-hydrogen) atoms. The van der Waals surface area contributed by atoms with Gasteiger partial charge in [0.1, 0.15) is 0 Å². The van der Waals surface area contributed by atoms with Crippen LogP contribution in [0.15, 0.2) is 30.3 Å². The second-order valence-electron chi connectivity index (χ2n) is 5.00. The monoisotopic (exact) mass is 291 g/mol. The van der Waals surface area contributed by atoms with E-state index in [1.807, 2.05) is 18.2 Å². The number of hydrogen-bond acceptors (Lipinski definition) is 3. The normalized spacial score (nSPS) is 11.7. The smallest absolute Gasteiger partial charge is 0.315 e. The maximum atomic E-state index is 11.8. The van der Waals surface area contributed by atoms with Crippen LogP contribution in [0.3, 0.4) is 0 Å². The number of carbonyl (C=O) groups is 2. The molecular formula is C16H23N2O3-. The van der Waals surface area contributed by atoms with Gasteiger partial charge in [-0.1, -0.05) is 56.5 Å². The molecular weight excluding hydrogens is 268 g/mol. The summed E-state index contributed by atoms with van der Waals surface area (Å²) in [5, 5.41) is 16.3. The van der Waals surface area contributed by atoms with Gasteiger partial charge in [-0.25, -0.2) is 4.79 Å². The van der Waals surface area contributed by atoms with Crippen molar-refractivity contribution in [2.24, 2.45) is 0 Å². The maximum Gasteiger partial charge on any atom is 0.315 e. The summed E-state index contributed by atoms with van der Waals surface area (Å²) in [7, 11) is 0. The molecule has 0 aliphatic rings. The minimum Gasteiger partial charge on any atom is -0.550 e. The highest BCUT2D eigenvalue weighted by Crippen LogP contribution is 2.15. The Morgan fingerprint density at radius 2 is 1.86 bits per heavy atom. The van der Waals surface area contributed by atoms with Gasteiger partial charge < -0.3 is 20.5 Å². The lowest BCUT2D eigenvalue weighted by Crippen LogP contribution is -2.40. The molecule has 1 aromatic rings. The molecule has 1 rings (SSSR count). The van der Waals surface area contributed by atoms with Crippen molar-refractivity contribution in [3.05, 3.63) is 35.9 Å². The second kappa shape index (κ2) is 9.80. The SMILES string of the molecule is CCCCCCNC(=O)N[C@H](CC(=O)[O-])c1ccccc1. The summed E-state index contributed by atoms with van der Waals surface area (Å²) in [5.74, 6) is -1.19. The summed E-state index contributed by atoms with van der Waals surface area (Å²) >= 11 is 0. The number of benzene rings is 1. The van der Waals surface area contributed by atoms with Gasteiger partial charge in [0.25, 0.3) is 0 Å². The number of carbonyl (C=O) groups excluding carboxylic acids is 2. The quantitative estimate of drug-likeness (QED) is 0.680.